The Morgan fingerprint density at radius 1 is 1.32 bits per heavy atom. The van der Waals surface area contributed by atoms with Gasteiger partial charge in [-0.25, -0.2) is 9.59 Å². The van der Waals surface area contributed by atoms with E-state index in [1.54, 1.807) is 20.8 Å². The molecule has 6 nitrogen and oxygen atoms in total. The molecular weight excluding hydrogens is 284 g/mol. The average molecular weight is 304 g/mol. The van der Waals surface area contributed by atoms with Crippen LogP contribution in [0, 0.1) is 0 Å². The van der Waals surface area contributed by atoms with E-state index in [2.05, 4.69) is 10.3 Å². The second kappa shape index (κ2) is 6.09. The third-order valence-electron chi connectivity index (χ3n) is 3.00. The van der Waals surface area contributed by atoms with Crippen LogP contribution in [-0.4, -0.2) is 33.8 Å². The van der Waals surface area contributed by atoms with Gasteiger partial charge in [-0.1, -0.05) is 18.2 Å². The number of aliphatic carboxylic acids is 1. The van der Waals surface area contributed by atoms with E-state index < -0.39 is 23.7 Å². The van der Waals surface area contributed by atoms with E-state index in [1.807, 2.05) is 30.3 Å². The molecule has 0 aliphatic rings. The number of ether oxygens (including phenoxy) is 1. The lowest BCUT2D eigenvalue weighted by Crippen LogP contribution is -2.44. The number of H-pyrrole nitrogens is 1. The fourth-order valence-corrected chi connectivity index (χ4v) is 2.11. The molecule has 0 bridgehead atoms. The van der Waals surface area contributed by atoms with E-state index in [0.717, 1.165) is 16.6 Å². The number of carboxylic acids is 1. The van der Waals surface area contributed by atoms with Gasteiger partial charge in [0.2, 0.25) is 0 Å². The van der Waals surface area contributed by atoms with Gasteiger partial charge in [0.1, 0.15) is 11.6 Å². The van der Waals surface area contributed by atoms with Crippen LogP contribution >= 0.6 is 0 Å². The van der Waals surface area contributed by atoms with Gasteiger partial charge in [0, 0.05) is 17.6 Å². The maximum absolute atomic E-state index is 11.7. The summed E-state index contributed by atoms with van der Waals surface area (Å²) < 4.78 is 5.09. The topological polar surface area (TPSA) is 91.4 Å². The number of amides is 1. The second-order valence-electron chi connectivity index (χ2n) is 6.12. The molecule has 0 saturated carbocycles. The van der Waals surface area contributed by atoms with Gasteiger partial charge in [0.05, 0.1) is 0 Å². The number of nitrogens with one attached hydrogen (secondary N) is 2. The first-order chi connectivity index (χ1) is 10.2. The minimum atomic E-state index is -1.11. The lowest BCUT2D eigenvalue weighted by atomic mass is 10.1. The molecule has 22 heavy (non-hydrogen) atoms. The molecule has 1 atom stereocenters. The highest BCUT2D eigenvalue weighted by molar-refractivity contribution is 5.82. The van der Waals surface area contributed by atoms with Gasteiger partial charge < -0.3 is 20.1 Å². The summed E-state index contributed by atoms with van der Waals surface area (Å²) in [5, 5.41) is 12.7. The zero-order valence-electron chi connectivity index (χ0n) is 12.8. The maximum Gasteiger partial charge on any atom is 0.408 e. The first-order valence-electron chi connectivity index (χ1n) is 7.03. The molecule has 1 aromatic heterocycles. The number of carbonyl (C=O) groups is 2. The number of fused-ring (bicyclic) bond motifs is 1. The van der Waals surface area contributed by atoms with Crippen LogP contribution in [-0.2, 0) is 16.0 Å². The van der Waals surface area contributed by atoms with Crippen LogP contribution in [0.1, 0.15) is 26.5 Å². The molecule has 1 aromatic carbocycles. The van der Waals surface area contributed by atoms with E-state index >= 15 is 0 Å². The van der Waals surface area contributed by atoms with Gasteiger partial charge in [-0.3, -0.25) is 0 Å². The van der Waals surface area contributed by atoms with Gasteiger partial charge in [-0.2, -0.15) is 0 Å². The van der Waals surface area contributed by atoms with Gasteiger partial charge in [-0.05, 0) is 38.3 Å². The lowest BCUT2D eigenvalue weighted by molar-refractivity contribution is -0.139. The van der Waals surface area contributed by atoms with Gasteiger partial charge in [-0.15, -0.1) is 0 Å². The van der Waals surface area contributed by atoms with Crippen molar-refractivity contribution in [1.82, 2.24) is 10.3 Å². The molecular formula is C16H20N2O4. The third kappa shape index (κ3) is 4.25. The van der Waals surface area contributed by atoms with Crippen molar-refractivity contribution in [3.63, 3.8) is 0 Å². The molecule has 118 valence electrons. The fourth-order valence-electron chi connectivity index (χ4n) is 2.11. The molecule has 0 fully saturated rings. The average Bonchev–Trinajstić information content (AvgIpc) is 2.77. The summed E-state index contributed by atoms with van der Waals surface area (Å²) in [6.45, 7) is 5.17. The predicted octanol–water partition coefficient (Wildman–Crippen LogP) is 2.69. The number of aromatic amines is 1. The highest BCUT2D eigenvalue weighted by Crippen LogP contribution is 2.16. The van der Waals surface area contributed by atoms with Crippen LogP contribution in [0.5, 0.6) is 0 Å². The number of rotatable bonds is 4. The fraction of sp³-hybridized carbons (Fsp3) is 0.375. The van der Waals surface area contributed by atoms with Crippen LogP contribution in [0.4, 0.5) is 4.79 Å². The van der Waals surface area contributed by atoms with Gasteiger partial charge in [0.15, 0.2) is 0 Å². The van der Waals surface area contributed by atoms with Crippen LogP contribution in [0.2, 0.25) is 0 Å². The summed E-state index contributed by atoms with van der Waals surface area (Å²) >= 11 is 0. The standard InChI is InChI=1S/C16H20N2O4/c1-16(2,3)22-15(21)18-13(14(19)20)9-11-8-10-6-4-5-7-12(10)17-11/h4-8,13,17H,9H2,1-3H3,(H,18,21)(H,19,20)/t13-/m0/s1. The second-order valence-corrected chi connectivity index (χ2v) is 6.12. The molecule has 0 unspecified atom stereocenters. The first kappa shape index (κ1) is 15.9. The number of hydrogen-bond donors (Lipinski definition) is 3. The summed E-state index contributed by atoms with van der Waals surface area (Å²) in [6.07, 6.45) is -0.584. The van der Waals surface area contributed by atoms with Crippen LogP contribution < -0.4 is 5.32 Å². The maximum atomic E-state index is 11.7. The number of aromatic nitrogens is 1. The number of carboxylic acid groups (broad SMARTS) is 1. The van der Waals surface area contributed by atoms with Gasteiger partial charge in [0.25, 0.3) is 0 Å². The zero-order valence-corrected chi connectivity index (χ0v) is 12.8. The molecule has 3 N–H and O–H groups in total. The van der Waals surface area contributed by atoms with Crippen molar-refractivity contribution < 1.29 is 19.4 Å². The Morgan fingerprint density at radius 3 is 2.59 bits per heavy atom. The molecule has 0 aliphatic carbocycles. The van der Waals surface area contributed by atoms with Crippen LogP contribution in [0.25, 0.3) is 10.9 Å². The van der Waals surface area contributed by atoms with E-state index in [9.17, 15) is 14.7 Å². The number of alkyl carbamates (subject to hydrolysis) is 1. The Kier molecular flexibility index (Phi) is 4.40. The minimum Gasteiger partial charge on any atom is -0.480 e. The Balaban J connectivity index is 2.08. The quantitative estimate of drug-likeness (QED) is 0.810. The monoisotopic (exact) mass is 304 g/mol. The van der Waals surface area contributed by atoms with E-state index in [0.29, 0.717) is 0 Å². The smallest absolute Gasteiger partial charge is 0.408 e. The Bertz CT molecular complexity index is 652. The highest BCUT2D eigenvalue weighted by atomic mass is 16.6. The van der Waals surface area contributed by atoms with Gasteiger partial charge >= 0.3 is 12.1 Å². The summed E-state index contributed by atoms with van der Waals surface area (Å²) in [4.78, 5) is 26.2. The molecule has 0 radical (unpaired) electrons. The zero-order chi connectivity index (χ0) is 16.3. The largest absolute Gasteiger partial charge is 0.480 e. The van der Waals surface area contributed by atoms with Crippen molar-refractivity contribution in [2.45, 2.75) is 38.8 Å². The van der Waals surface area contributed by atoms with Crippen molar-refractivity contribution in [2.24, 2.45) is 0 Å². The SMILES string of the molecule is CC(C)(C)OC(=O)N[C@@H](Cc1cc2ccccc2[nH]1)C(=O)O. The van der Waals surface area contributed by atoms with Crippen LogP contribution in [0.15, 0.2) is 30.3 Å². The molecule has 0 saturated heterocycles. The molecule has 6 heteroatoms. The number of benzene rings is 1. The third-order valence-corrected chi connectivity index (χ3v) is 3.00. The van der Waals surface area contributed by atoms with E-state index in [4.69, 9.17) is 4.74 Å². The number of hydrogen-bond acceptors (Lipinski definition) is 3. The summed E-state index contributed by atoms with van der Waals surface area (Å²) in [5.74, 6) is -1.11. The highest BCUT2D eigenvalue weighted by Gasteiger charge is 2.24. The molecule has 1 amide bonds. The van der Waals surface area contributed by atoms with E-state index in [-0.39, 0.29) is 6.42 Å². The molecule has 1 heterocycles. The molecule has 0 spiro atoms. The van der Waals surface area contributed by atoms with Crippen molar-refractivity contribution in [3.8, 4) is 0 Å². The summed E-state index contributed by atoms with van der Waals surface area (Å²) in [7, 11) is 0. The van der Waals surface area contributed by atoms with Crippen LogP contribution in [0.3, 0.4) is 0 Å². The summed E-state index contributed by atoms with van der Waals surface area (Å²) in [6, 6.07) is 8.48. The normalized spacial score (nSPS) is 12.9. The van der Waals surface area contributed by atoms with Crippen molar-refractivity contribution in [1.29, 1.82) is 0 Å². The van der Waals surface area contributed by atoms with Crippen molar-refractivity contribution in [3.05, 3.63) is 36.0 Å². The summed E-state index contributed by atoms with van der Waals surface area (Å²) in [5.41, 5.74) is 0.998. The Hall–Kier alpha value is -2.50. The Morgan fingerprint density at radius 2 is 2.00 bits per heavy atom. The minimum absolute atomic E-state index is 0.156. The lowest BCUT2D eigenvalue weighted by Gasteiger charge is -2.21. The van der Waals surface area contributed by atoms with Crippen molar-refractivity contribution in [2.75, 3.05) is 0 Å². The molecule has 0 aliphatic heterocycles. The molecule has 2 aromatic rings. The molecule has 2 rings (SSSR count). The van der Waals surface area contributed by atoms with E-state index in [1.165, 1.54) is 0 Å². The van der Waals surface area contributed by atoms with Crippen molar-refractivity contribution >= 4 is 23.0 Å². The number of para-hydroxylation sites is 1. The predicted molar refractivity (Wildman–Crippen MR) is 82.8 cm³/mol. The number of carbonyl (C=O) groups excluding carboxylic acids is 1. The Labute approximate surface area is 128 Å². The first-order valence-corrected chi connectivity index (χ1v) is 7.03.